The van der Waals surface area contributed by atoms with Crippen LogP contribution >= 0.6 is 0 Å². The lowest BCUT2D eigenvalue weighted by atomic mass is 10.0. The van der Waals surface area contributed by atoms with Crippen molar-refractivity contribution >= 4 is 5.82 Å². The zero-order valence-corrected chi connectivity index (χ0v) is 13.0. The lowest BCUT2D eigenvalue weighted by molar-refractivity contribution is 0.867. The molecule has 2 rings (SSSR count). The number of hydrogen-bond donors (Lipinski definition) is 1. The predicted octanol–water partition coefficient (Wildman–Crippen LogP) is 4.32. The van der Waals surface area contributed by atoms with E-state index < -0.39 is 0 Å². The van der Waals surface area contributed by atoms with Crippen LogP contribution in [0.25, 0.3) is 11.3 Å². The Morgan fingerprint density at radius 1 is 1.00 bits per heavy atom. The Bertz CT molecular complexity index is 586. The molecule has 0 saturated heterocycles. The highest BCUT2D eigenvalue weighted by Crippen LogP contribution is 2.27. The molecule has 0 radical (unpaired) electrons. The summed E-state index contributed by atoms with van der Waals surface area (Å²) in [7, 11) is 0. The quantitative estimate of drug-likeness (QED) is 0.898. The zero-order valence-electron chi connectivity index (χ0n) is 13.0. The van der Waals surface area contributed by atoms with E-state index in [0.717, 1.165) is 35.0 Å². The molecule has 0 fully saturated rings. The maximum Gasteiger partial charge on any atom is 0.152 e. The summed E-state index contributed by atoms with van der Waals surface area (Å²) in [5.74, 6) is 1.41. The summed E-state index contributed by atoms with van der Waals surface area (Å²) in [5.41, 5.74) is 5.35. The first kappa shape index (κ1) is 14.5. The Labute approximate surface area is 121 Å². The molecule has 20 heavy (non-hydrogen) atoms. The van der Waals surface area contributed by atoms with Gasteiger partial charge in [-0.2, -0.15) is 0 Å². The summed E-state index contributed by atoms with van der Waals surface area (Å²) in [6.45, 7) is 11.3. The molecule has 1 aromatic carbocycles. The largest absolute Gasteiger partial charge is 0.369 e. The van der Waals surface area contributed by atoms with Crippen molar-refractivity contribution in [1.82, 2.24) is 9.97 Å². The van der Waals surface area contributed by atoms with Crippen molar-refractivity contribution in [2.24, 2.45) is 0 Å². The first-order chi connectivity index (χ1) is 9.52. The summed E-state index contributed by atoms with van der Waals surface area (Å²) in [4.78, 5) is 9.33. The van der Waals surface area contributed by atoms with Gasteiger partial charge in [0.05, 0.1) is 11.4 Å². The molecule has 0 aliphatic heterocycles. The SMILES string of the molecule is CCNc1nc(C)c(C)nc1-c1ccc(C(C)C)cc1. The van der Waals surface area contributed by atoms with Crippen LogP contribution in [0.5, 0.6) is 0 Å². The fourth-order valence-electron chi connectivity index (χ4n) is 2.12. The standard InChI is InChI=1S/C17H23N3/c1-6-18-17-16(19-12(4)13(5)20-17)15-9-7-14(8-10-15)11(2)3/h7-11H,6H2,1-5H3,(H,18,20). The average Bonchev–Trinajstić information content (AvgIpc) is 2.43. The number of anilines is 1. The first-order valence-electron chi connectivity index (χ1n) is 7.22. The van der Waals surface area contributed by atoms with Crippen LogP contribution in [-0.2, 0) is 0 Å². The highest BCUT2D eigenvalue weighted by atomic mass is 15.0. The molecule has 3 nitrogen and oxygen atoms in total. The number of nitrogens with one attached hydrogen (secondary N) is 1. The van der Waals surface area contributed by atoms with Gasteiger partial charge in [-0.25, -0.2) is 9.97 Å². The van der Waals surface area contributed by atoms with Crippen molar-refractivity contribution in [2.75, 3.05) is 11.9 Å². The summed E-state index contributed by atoms with van der Waals surface area (Å²) >= 11 is 0. The van der Waals surface area contributed by atoms with E-state index in [1.54, 1.807) is 0 Å². The lowest BCUT2D eigenvalue weighted by Gasteiger charge is -2.13. The lowest BCUT2D eigenvalue weighted by Crippen LogP contribution is -2.06. The number of hydrogen-bond acceptors (Lipinski definition) is 3. The van der Waals surface area contributed by atoms with Crippen molar-refractivity contribution < 1.29 is 0 Å². The van der Waals surface area contributed by atoms with Crippen LogP contribution in [0.15, 0.2) is 24.3 Å². The molecule has 1 heterocycles. The highest BCUT2D eigenvalue weighted by Gasteiger charge is 2.11. The molecule has 0 aliphatic carbocycles. The third-order valence-corrected chi connectivity index (χ3v) is 3.50. The van der Waals surface area contributed by atoms with Crippen LogP contribution in [0.1, 0.15) is 43.6 Å². The molecule has 1 N–H and O–H groups in total. The van der Waals surface area contributed by atoms with Crippen LogP contribution in [-0.4, -0.2) is 16.5 Å². The van der Waals surface area contributed by atoms with Gasteiger partial charge in [0.2, 0.25) is 0 Å². The smallest absolute Gasteiger partial charge is 0.152 e. The topological polar surface area (TPSA) is 37.8 Å². The third kappa shape index (κ3) is 2.98. The van der Waals surface area contributed by atoms with Crippen LogP contribution in [0, 0.1) is 13.8 Å². The van der Waals surface area contributed by atoms with E-state index in [-0.39, 0.29) is 0 Å². The summed E-state index contributed by atoms with van der Waals surface area (Å²) in [6, 6.07) is 8.61. The molecule has 0 aliphatic rings. The third-order valence-electron chi connectivity index (χ3n) is 3.50. The van der Waals surface area contributed by atoms with Crippen molar-refractivity contribution in [1.29, 1.82) is 0 Å². The van der Waals surface area contributed by atoms with Gasteiger partial charge >= 0.3 is 0 Å². The monoisotopic (exact) mass is 269 g/mol. The molecule has 106 valence electrons. The van der Waals surface area contributed by atoms with Gasteiger partial charge < -0.3 is 5.32 Å². The second-order valence-corrected chi connectivity index (χ2v) is 5.40. The van der Waals surface area contributed by atoms with E-state index in [9.17, 15) is 0 Å². The summed E-state index contributed by atoms with van der Waals surface area (Å²) in [5, 5.41) is 3.31. The molecule has 0 amide bonds. The number of benzene rings is 1. The molecule has 0 spiro atoms. The van der Waals surface area contributed by atoms with E-state index in [1.807, 2.05) is 13.8 Å². The Balaban J connectivity index is 2.47. The fraction of sp³-hybridized carbons (Fsp3) is 0.412. The van der Waals surface area contributed by atoms with Gasteiger partial charge in [-0.1, -0.05) is 38.1 Å². The van der Waals surface area contributed by atoms with E-state index in [4.69, 9.17) is 4.98 Å². The maximum atomic E-state index is 4.71. The molecular weight excluding hydrogens is 246 g/mol. The Hall–Kier alpha value is -1.90. The number of aryl methyl sites for hydroxylation is 2. The minimum Gasteiger partial charge on any atom is -0.369 e. The fourth-order valence-corrected chi connectivity index (χ4v) is 2.12. The van der Waals surface area contributed by atoms with Crippen LogP contribution < -0.4 is 5.32 Å². The first-order valence-corrected chi connectivity index (χ1v) is 7.22. The molecule has 0 unspecified atom stereocenters. The highest BCUT2D eigenvalue weighted by molar-refractivity contribution is 5.71. The van der Waals surface area contributed by atoms with Crippen molar-refractivity contribution in [3.63, 3.8) is 0 Å². The Morgan fingerprint density at radius 2 is 1.60 bits per heavy atom. The van der Waals surface area contributed by atoms with Gasteiger partial charge in [0.25, 0.3) is 0 Å². The van der Waals surface area contributed by atoms with Gasteiger partial charge in [-0.05, 0) is 32.3 Å². The van der Waals surface area contributed by atoms with Gasteiger partial charge in [0.15, 0.2) is 5.82 Å². The molecule has 0 saturated carbocycles. The molecule has 1 aromatic heterocycles. The van der Waals surface area contributed by atoms with Gasteiger partial charge in [0.1, 0.15) is 5.69 Å². The van der Waals surface area contributed by atoms with Gasteiger partial charge in [0, 0.05) is 12.1 Å². The van der Waals surface area contributed by atoms with E-state index >= 15 is 0 Å². The maximum absolute atomic E-state index is 4.71. The number of aromatic nitrogens is 2. The predicted molar refractivity (Wildman–Crippen MR) is 85.2 cm³/mol. The Kier molecular flexibility index (Phi) is 4.38. The Morgan fingerprint density at radius 3 is 2.15 bits per heavy atom. The van der Waals surface area contributed by atoms with Crippen LogP contribution in [0.3, 0.4) is 0 Å². The van der Waals surface area contributed by atoms with E-state index in [2.05, 4.69) is 55.3 Å². The van der Waals surface area contributed by atoms with Crippen molar-refractivity contribution in [3.05, 3.63) is 41.2 Å². The normalized spacial score (nSPS) is 10.9. The van der Waals surface area contributed by atoms with Gasteiger partial charge in [-0.3, -0.25) is 0 Å². The molecule has 0 atom stereocenters. The molecular formula is C17H23N3. The van der Waals surface area contributed by atoms with Crippen LogP contribution in [0.4, 0.5) is 5.82 Å². The molecule has 3 heteroatoms. The minimum absolute atomic E-state index is 0.545. The average molecular weight is 269 g/mol. The van der Waals surface area contributed by atoms with E-state index in [1.165, 1.54) is 5.56 Å². The van der Waals surface area contributed by atoms with Gasteiger partial charge in [-0.15, -0.1) is 0 Å². The second kappa shape index (κ2) is 6.04. The number of nitrogens with zero attached hydrogens (tertiary/aromatic N) is 2. The second-order valence-electron chi connectivity index (χ2n) is 5.40. The molecule has 0 bridgehead atoms. The van der Waals surface area contributed by atoms with Crippen molar-refractivity contribution in [3.8, 4) is 11.3 Å². The van der Waals surface area contributed by atoms with Crippen molar-refractivity contribution in [2.45, 2.75) is 40.5 Å². The molecule has 2 aromatic rings. The van der Waals surface area contributed by atoms with E-state index in [0.29, 0.717) is 5.92 Å². The summed E-state index contributed by atoms with van der Waals surface area (Å²) < 4.78 is 0. The minimum atomic E-state index is 0.545. The zero-order chi connectivity index (χ0) is 14.7. The number of rotatable bonds is 4. The summed E-state index contributed by atoms with van der Waals surface area (Å²) in [6.07, 6.45) is 0. The van der Waals surface area contributed by atoms with Crippen LogP contribution in [0.2, 0.25) is 0 Å².